The van der Waals surface area contributed by atoms with Gasteiger partial charge >= 0.3 is 5.97 Å². The average molecular weight is 391 g/mol. The van der Waals surface area contributed by atoms with Crippen molar-refractivity contribution in [1.29, 1.82) is 0 Å². The van der Waals surface area contributed by atoms with Crippen molar-refractivity contribution in [3.05, 3.63) is 46.2 Å². The number of rotatable bonds is 5. The van der Waals surface area contributed by atoms with Crippen molar-refractivity contribution in [2.45, 2.75) is 19.9 Å². The predicted molar refractivity (Wildman–Crippen MR) is 96.7 cm³/mol. The van der Waals surface area contributed by atoms with Crippen LogP contribution in [0.3, 0.4) is 0 Å². The maximum atomic E-state index is 13.8. The second-order valence-electron chi connectivity index (χ2n) is 6.17. The maximum Gasteiger partial charge on any atom is 0.357 e. The quantitative estimate of drug-likeness (QED) is 0.791. The Balaban J connectivity index is 1.64. The molecule has 1 aliphatic rings. The van der Waals surface area contributed by atoms with Crippen molar-refractivity contribution in [3.63, 3.8) is 0 Å². The Morgan fingerprint density at radius 3 is 2.85 bits per heavy atom. The Morgan fingerprint density at radius 1 is 1.41 bits per heavy atom. The molecule has 0 unspecified atom stereocenters. The van der Waals surface area contributed by atoms with Crippen LogP contribution in [-0.2, 0) is 20.9 Å². The second-order valence-corrected chi connectivity index (χ2v) is 7.37. The van der Waals surface area contributed by atoms with Crippen LogP contribution < -0.4 is 5.32 Å². The predicted octanol–water partition coefficient (Wildman–Crippen LogP) is 2.36. The third-order valence-corrected chi connectivity index (χ3v) is 5.20. The minimum atomic E-state index is -0.573. The summed E-state index contributed by atoms with van der Waals surface area (Å²) in [7, 11) is 1.26. The number of likely N-dealkylation sites (tertiary alicyclic amines) is 1. The van der Waals surface area contributed by atoms with Gasteiger partial charge in [0.15, 0.2) is 10.8 Å². The van der Waals surface area contributed by atoms with E-state index in [4.69, 9.17) is 0 Å². The third kappa shape index (κ3) is 4.13. The normalized spacial score (nSPS) is 16.5. The van der Waals surface area contributed by atoms with E-state index in [1.807, 2.05) is 0 Å². The molecule has 2 amide bonds. The van der Waals surface area contributed by atoms with Gasteiger partial charge in [0, 0.05) is 30.0 Å². The van der Waals surface area contributed by atoms with E-state index in [9.17, 15) is 18.8 Å². The van der Waals surface area contributed by atoms with Crippen molar-refractivity contribution in [1.82, 2.24) is 9.88 Å². The van der Waals surface area contributed by atoms with Crippen LogP contribution in [0.15, 0.2) is 24.3 Å². The Hall–Kier alpha value is -2.81. The number of halogens is 1. The number of aryl methyl sites for hydroxylation is 1. The molecule has 142 valence electrons. The van der Waals surface area contributed by atoms with E-state index in [1.54, 1.807) is 25.1 Å². The van der Waals surface area contributed by atoms with Gasteiger partial charge in [-0.25, -0.2) is 14.2 Å². The van der Waals surface area contributed by atoms with Crippen LogP contribution >= 0.6 is 11.3 Å². The van der Waals surface area contributed by atoms with Crippen molar-refractivity contribution in [3.8, 4) is 0 Å². The number of nitrogens with zero attached hydrogens (tertiary/aromatic N) is 2. The van der Waals surface area contributed by atoms with E-state index < -0.39 is 11.9 Å². The fraction of sp³-hybridized carbons (Fsp3) is 0.333. The lowest BCUT2D eigenvalue weighted by atomic mass is 10.1. The van der Waals surface area contributed by atoms with E-state index >= 15 is 0 Å². The van der Waals surface area contributed by atoms with Crippen molar-refractivity contribution in [2.75, 3.05) is 19.0 Å². The molecule has 0 bridgehead atoms. The number of carbonyl (C=O) groups excluding carboxylic acids is 3. The van der Waals surface area contributed by atoms with Crippen LogP contribution in [0.1, 0.15) is 27.3 Å². The van der Waals surface area contributed by atoms with E-state index in [2.05, 4.69) is 15.0 Å². The summed E-state index contributed by atoms with van der Waals surface area (Å²) >= 11 is 1.16. The van der Waals surface area contributed by atoms with Gasteiger partial charge in [0.05, 0.1) is 13.0 Å². The SMILES string of the molecule is COC(=O)c1nc(NC(=O)[C@H]2CC(=O)N(Cc3ccccc3F)C2)sc1C. The monoisotopic (exact) mass is 391 g/mol. The summed E-state index contributed by atoms with van der Waals surface area (Å²) in [6, 6.07) is 6.23. The first kappa shape index (κ1) is 19.0. The number of methoxy groups -OCH3 is 1. The topological polar surface area (TPSA) is 88.6 Å². The molecule has 27 heavy (non-hydrogen) atoms. The van der Waals surface area contributed by atoms with Crippen LogP contribution in [-0.4, -0.2) is 41.3 Å². The lowest BCUT2D eigenvalue weighted by Gasteiger charge is -2.16. The first-order chi connectivity index (χ1) is 12.9. The van der Waals surface area contributed by atoms with Gasteiger partial charge < -0.3 is 15.0 Å². The first-order valence-corrected chi connectivity index (χ1v) is 9.08. The number of thiazole rings is 1. The number of ether oxygens (including phenoxy) is 1. The van der Waals surface area contributed by atoms with Crippen molar-refractivity contribution >= 4 is 34.3 Å². The highest BCUT2D eigenvalue weighted by atomic mass is 32.1. The molecule has 1 aromatic carbocycles. The van der Waals surface area contributed by atoms with E-state index in [-0.39, 0.29) is 48.0 Å². The molecule has 0 spiro atoms. The molecule has 1 N–H and O–H groups in total. The van der Waals surface area contributed by atoms with Gasteiger partial charge in [0.25, 0.3) is 0 Å². The van der Waals surface area contributed by atoms with Crippen molar-refractivity contribution < 1.29 is 23.5 Å². The molecule has 1 saturated heterocycles. The number of anilines is 1. The summed E-state index contributed by atoms with van der Waals surface area (Å²) in [4.78, 5) is 42.4. The van der Waals surface area contributed by atoms with Crippen LogP contribution in [0, 0.1) is 18.7 Å². The number of nitrogens with one attached hydrogen (secondary N) is 1. The smallest absolute Gasteiger partial charge is 0.357 e. The molecule has 3 rings (SSSR count). The fourth-order valence-electron chi connectivity index (χ4n) is 2.88. The average Bonchev–Trinajstić information content (AvgIpc) is 3.19. The fourth-order valence-corrected chi connectivity index (χ4v) is 3.68. The highest BCUT2D eigenvalue weighted by Crippen LogP contribution is 2.26. The number of amides is 2. The summed E-state index contributed by atoms with van der Waals surface area (Å²) in [6.45, 7) is 2.03. The standard InChI is InChI=1S/C18H18FN3O4S/c1-10-15(17(25)26-2)20-18(27-10)21-16(24)12-7-14(23)22(9-12)8-11-5-3-4-6-13(11)19/h3-6,12H,7-9H2,1-2H3,(H,20,21,24)/t12-/m0/s1. The van der Waals surface area contributed by atoms with Crippen LogP contribution in [0.2, 0.25) is 0 Å². The lowest BCUT2D eigenvalue weighted by Crippen LogP contribution is -2.28. The van der Waals surface area contributed by atoms with Gasteiger partial charge in [0.1, 0.15) is 5.82 Å². The Morgan fingerprint density at radius 2 is 2.15 bits per heavy atom. The Labute approximate surface area is 159 Å². The Bertz CT molecular complexity index is 898. The van der Waals surface area contributed by atoms with Gasteiger partial charge in [-0.15, -0.1) is 11.3 Å². The lowest BCUT2D eigenvalue weighted by molar-refractivity contribution is -0.128. The highest BCUT2D eigenvalue weighted by molar-refractivity contribution is 7.16. The zero-order chi connectivity index (χ0) is 19.6. The minimum absolute atomic E-state index is 0.0501. The number of carbonyl (C=O) groups is 3. The number of aromatic nitrogens is 1. The molecular formula is C18H18FN3O4S. The zero-order valence-corrected chi connectivity index (χ0v) is 15.6. The van der Waals surface area contributed by atoms with Crippen LogP contribution in [0.25, 0.3) is 0 Å². The largest absolute Gasteiger partial charge is 0.464 e. The highest BCUT2D eigenvalue weighted by Gasteiger charge is 2.35. The minimum Gasteiger partial charge on any atom is -0.464 e. The van der Waals surface area contributed by atoms with Gasteiger partial charge in [-0.05, 0) is 13.0 Å². The van der Waals surface area contributed by atoms with E-state index in [0.29, 0.717) is 10.4 Å². The van der Waals surface area contributed by atoms with Crippen molar-refractivity contribution in [2.24, 2.45) is 5.92 Å². The number of hydrogen-bond donors (Lipinski definition) is 1. The number of esters is 1. The third-order valence-electron chi connectivity index (χ3n) is 4.31. The molecule has 1 aliphatic heterocycles. The summed E-state index contributed by atoms with van der Waals surface area (Å²) in [6.07, 6.45) is 0.0501. The summed E-state index contributed by atoms with van der Waals surface area (Å²) in [5.74, 6) is -2.08. The summed E-state index contributed by atoms with van der Waals surface area (Å²) < 4.78 is 18.4. The van der Waals surface area contributed by atoms with E-state index in [1.165, 1.54) is 18.1 Å². The molecule has 1 aromatic heterocycles. The van der Waals surface area contributed by atoms with Crippen LogP contribution in [0.5, 0.6) is 0 Å². The molecule has 1 fully saturated rings. The maximum absolute atomic E-state index is 13.8. The molecule has 7 nitrogen and oxygen atoms in total. The molecule has 0 aliphatic carbocycles. The summed E-state index contributed by atoms with van der Waals surface area (Å²) in [5.41, 5.74) is 0.562. The molecule has 0 saturated carbocycles. The first-order valence-electron chi connectivity index (χ1n) is 8.26. The van der Waals surface area contributed by atoms with E-state index in [0.717, 1.165) is 11.3 Å². The van der Waals surface area contributed by atoms with Gasteiger partial charge in [-0.1, -0.05) is 18.2 Å². The van der Waals surface area contributed by atoms with Gasteiger partial charge in [-0.2, -0.15) is 0 Å². The molecule has 2 heterocycles. The number of benzene rings is 1. The molecule has 1 atom stereocenters. The molecular weight excluding hydrogens is 373 g/mol. The second kappa shape index (κ2) is 7.83. The summed E-state index contributed by atoms with van der Waals surface area (Å²) in [5, 5.41) is 2.92. The number of hydrogen-bond acceptors (Lipinski definition) is 6. The van der Waals surface area contributed by atoms with Gasteiger partial charge in [0.2, 0.25) is 11.8 Å². The Kier molecular flexibility index (Phi) is 5.50. The zero-order valence-electron chi connectivity index (χ0n) is 14.8. The van der Waals surface area contributed by atoms with Crippen LogP contribution in [0.4, 0.5) is 9.52 Å². The molecule has 0 radical (unpaired) electrons. The molecule has 9 heteroatoms. The van der Waals surface area contributed by atoms with Gasteiger partial charge in [-0.3, -0.25) is 9.59 Å². The molecule has 2 aromatic rings.